The van der Waals surface area contributed by atoms with Crippen LogP contribution in [0, 0.1) is 0 Å². The lowest BCUT2D eigenvalue weighted by atomic mass is 9.67. The molecule has 0 spiro atoms. The number of aromatic hydroxyl groups is 2. The van der Waals surface area contributed by atoms with E-state index in [1.54, 1.807) is 12.1 Å². The molecule has 0 unspecified atom stereocenters. The second-order valence-corrected chi connectivity index (χ2v) is 7.80. The van der Waals surface area contributed by atoms with Gasteiger partial charge in [0.25, 0.3) is 0 Å². The molecule has 1 saturated carbocycles. The van der Waals surface area contributed by atoms with Crippen LogP contribution in [0.2, 0.25) is 0 Å². The van der Waals surface area contributed by atoms with Crippen molar-refractivity contribution in [3.05, 3.63) is 59.7 Å². The molecule has 26 heavy (non-hydrogen) atoms. The van der Waals surface area contributed by atoms with Crippen LogP contribution in [0.4, 0.5) is 0 Å². The van der Waals surface area contributed by atoms with Gasteiger partial charge in [-0.25, -0.2) is 0 Å². The van der Waals surface area contributed by atoms with Crippen LogP contribution in [-0.4, -0.2) is 10.2 Å². The first-order valence-electron chi connectivity index (χ1n) is 10.3. The van der Waals surface area contributed by atoms with Crippen LogP contribution < -0.4 is 0 Å². The topological polar surface area (TPSA) is 40.5 Å². The Morgan fingerprint density at radius 2 is 0.846 bits per heavy atom. The second kappa shape index (κ2) is 9.12. The molecule has 2 aromatic carbocycles. The van der Waals surface area contributed by atoms with Crippen molar-refractivity contribution in [3.63, 3.8) is 0 Å². The van der Waals surface area contributed by atoms with E-state index >= 15 is 0 Å². The first kappa shape index (κ1) is 18.8. The van der Waals surface area contributed by atoms with E-state index in [1.165, 1.54) is 44.9 Å². The minimum Gasteiger partial charge on any atom is -0.508 e. The Morgan fingerprint density at radius 3 is 1.23 bits per heavy atom. The molecule has 0 atom stereocenters. The van der Waals surface area contributed by atoms with Crippen LogP contribution in [0.15, 0.2) is 48.5 Å². The van der Waals surface area contributed by atoms with E-state index in [2.05, 4.69) is 0 Å². The molecular weight excluding hydrogens is 320 g/mol. The Kier molecular flexibility index (Phi) is 6.60. The van der Waals surface area contributed by atoms with E-state index < -0.39 is 0 Å². The highest BCUT2D eigenvalue weighted by atomic mass is 16.3. The van der Waals surface area contributed by atoms with Crippen molar-refractivity contribution in [2.45, 2.75) is 76.0 Å². The summed E-state index contributed by atoms with van der Waals surface area (Å²) in [5.74, 6) is 0.700. The zero-order valence-corrected chi connectivity index (χ0v) is 15.8. The molecule has 0 radical (unpaired) electrons. The zero-order chi connectivity index (χ0) is 18.2. The molecule has 2 heteroatoms. The van der Waals surface area contributed by atoms with E-state index in [9.17, 15) is 10.2 Å². The van der Waals surface area contributed by atoms with E-state index in [-0.39, 0.29) is 5.41 Å². The third kappa shape index (κ3) is 4.23. The quantitative estimate of drug-likeness (QED) is 0.632. The largest absolute Gasteiger partial charge is 0.508 e. The maximum absolute atomic E-state index is 10.7. The standard InChI is InChI=1S/C24H32O2/c25-22-16-10-8-14-20(22)24(21-15-9-11-17-23(21)26)18-12-6-4-2-1-3-5-7-13-19-24/h8-11,14-17,25-26H,1-7,12-13,18-19H2. The van der Waals surface area contributed by atoms with E-state index in [1.807, 2.05) is 36.4 Å². The van der Waals surface area contributed by atoms with Crippen molar-refractivity contribution in [1.29, 1.82) is 0 Å². The van der Waals surface area contributed by atoms with Crippen LogP contribution in [0.5, 0.6) is 11.5 Å². The van der Waals surface area contributed by atoms with Gasteiger partial charge >= 0.3 is 0 Å². The van der Waals surface area contributed by atoms with Gasteiger partial charge in [-0.1, -0.05) is 94.2 Å². The van der Waals surface area contributed by atoms with Gasteiger partial charge in [-0.05, 0) is 25.0 Å². The lowest BCUT2D eigenvalue weighted by Gasteiger charge is -2.36. The number of benzene rings is 2. The summed E-state index contributed by atoms with van der Waals surface area (Å²) >= 11 is 0. The van der Waals surface area contributed by atoms with Crippen LogP contribution in [0.1, 0.15) is 81.8 Å². The fraction of sp³-hybridized carbons (Fsp3) is 0.500. The lowest BCUT2D eigenvalue weighted by Crippen LogP contribution is -2.28. The maximum atomic E-state index is 10.7. The SMILES string of the molecule is Oc1ccccc1C1(c2ccccc2O)CCCCCCCCCCC1. The molecular formula is C24H32O2. The molecule has 2 N–H and O–H groups in total. The average Bonchev–Trinajstić information content (AvgIpc) is 2.64. The first-order valence-corrected chi connectivity index (χ1v) is 10.3. The molecule has 0 aliphatic heterocycles. The molecule has 0 aromatic heterocycles. The number of phenols is 2. The van der Waals surface area contributed by atoms with E-state index in [0.29, 0.717) is 11.5 Å². The van der Waals surface area contributed by atoms with Crippen molar-refractivity contribution in [2.75, 3.05) is 0 Å². The van der Waals surface area contributed by atoms with Crippen LogP contribution in [0.25, 0.3) is 0 Å². The highest BCUT2D eigenvalue weighted by Crippen LogP contribution is 2.48. The third-order valence-corrected chi connectivity index (χ3v) is 6.05. The monoisotopic (exact) mass is 352 g/mol. The summed E-state index contributed by atoms with van der Waals surface area (Å²) in [5.41, 5.74) is 1.63. The van der Waals surface area contributed by atoms with E-state index in [4.69, 9.17) is 0 Å². The molecule has 1 aliphatic rings. The average molecular weight is 353 g/mol. The summed E-state index contributed by atoms with van der Waals surface area (Å²) in [6, 6.07) is 15.4. The first-order chi connectivity index (χ1) is 12.7. The minimum absolute atomic E-state index is 0.310. The third-order valence-electron chi connectivity index (χ3n) is 6.05. The predicted octanol–water partition coefficient (Wildman–Crippen LogP) is 6.69. The van der Waals surface area contributed by atoms with Crippen molar-refractivity contribution >= 4 is 0 Å². The Bertz CT molecular complexity index is 633. The Labute approximate surface area is 157 Å². The Balaban J connectivity index is 2.05. The van der Waals surface area contributed by atoms with Crippen molar-refractivity contribution in [1.82, 2.24) is 0 Å². The van der Waals surface area contributed by atoms with Gasteiger partial charge in [-0.15, -0.1) is 0 Å². The highest BCUT2D eigenvalue weighted by Gasteiger charge is 2.37. The predicted molar refractivity (Wildman–Crippen MR) is 108 cm³/mol. The van der Waals surface area contributed by atoms with Gasteiger partial charge in [-0.2, -0.15) is 0 Å². The molecule has 0 heterocycles. The summed E-state index contributed by atoms with van der Waals surface area (Å²) in [6.45, 7) is 0. The van der Waals surface area contributed by atoms with Crippen molar-refractivity contribution < 1.29 is 10.2 Å². The smallest absolute Gasteiger partial charge is 0.119 e. The zero-order valence-electron chi connectivity index (χ0n) is 15.8. The maximum Gasteiger partial charge on any atom is 0.119 e. The summed E-state index contributed by atoms with van der Waals surface area (Å²) in [4.78, 5) is 0. The lowest BCUT2D eigenvalue weighted by molar-refractivity contribution is 0.351. The van der Waals surface area contributed by atoms with Crippen LogP contribution >= 0.6 is 0 Å². The van der Waals surface area contributed by atoms with E-state index in [0.717, 1.165) is 36.8 Å². The van der Waals surface area contributed by atoms with Crippen molar-refractivity contribution in [2.24, 2.45) is 0 Å². The van der Waals surface area contributed by atoms with Crippen LogP contribution in [-0.2, 0) is 5.41 Å². The molecule has 0 saturated heterocycles. The number of phenolic OH excluding ortho intramolecular Hbond substituents is 2. The highest BCUT2D eigenvalue weighted by molar-refractivity contribution is 5.51. The normalized spacial score (nSPS) is 19.2. The van der Waals surface area contributed by atoms with Crippen LogP contribution in [0.3, 0.4) is 0 Å². The van der Waals surface area contributed by atoms with Gasteiger partial charge in [0.2, 0.25) is 0 Å². The summed E-state index contributed by atoms with van der Waals surface area (Å²) in [6.07, 6.45) is 13.3. The molecule has 3 rings (SSSR count). The van der Waals surface area contributed by atoms with Gasteiger partial charge < -0.3 is 10.2 Å². The van der Waals surface area contributed by atoms with Gasteiger partial charge in [0.05, 0.1) is 0 Å². The second-order valence-electron chi connectivity index (χ2n) is 7.80. The number of hydrogen-bond acceptors (Lipinski definition) is 2. The Morgan fingerprint density at radius 1 is 0.500 bits per heavy atom. The molecule has 140 valence electrons. The van der Waals surface area contributed by atoms with Gasteiger partial charge in [0.1, 0.15) is 11.5 Å². The Hall–Kier alpha value is -1.96. The fourth-order valence-electron chi connectivity index (χ4n) is 4.66. The van der Waals surface area contributed by atoms with Crippen molar-refractivity contribution in [3.8, 4) is 11.5 Å². The summed E-state index contributed by atoms with van der Waals surface area (Å²) in [5, 5.41) is 21.4. The van der Waals surface area contributed by atoms with Gasteiger partial charge in [-0.3, -0.25) is 0 Å². The number of hydrogen-bond donors (Lipinski definition) is 2. The number of rotatable bonds is 2. The molecule has 1 fully saturated rings. The fourth-order valence-corrected chi connectivity index (χ4v) is 4.66. The molecule has 0 bridgehead atoms. The summed E-state index contributed by atoms with van der Waals surface area (Å²) in [7, 11) is 0. The summed E-state index contributed by atoms with van der Waals surface area (Å²) < 4.78 is 0. The molecule has 2 aromatic rings. The molecule has 0 amide bonds. The number of para-hydroxylation sites is 2. The molecule has 2 nitrogen and oxygen atoms in total. The van der Waals surface area contributed by atoms with Gasteiger partial charge in [0.15, 0.2) is 0 Å². The van der Waals surface area contributed by atoms with Gasteiger partial charge in [0, 0.05) is 16.5 Å². The minimum atomic E-state index is -0.310. The molecule has 1 aliphatic carbocycles.